The maximum absolute atomic E-state index is 12.3. The highest BCUT2D eigenvalue weighted by Gasteiger charge is 2.33. The van der Waals surface area contributed by atoms with Gasteiger partial charge in [-0.15, -0.1) is 0 Å². The molecular formula is C17H21N3O2. The van der Waals surface area contributed by atoms with E-state index in [9.17, 15) is 9.59 Å². The third-order valence-corrected chi connectivity index (χ3v) is 4.03. The van der Waals surface area contributed by atoms with Crippen molar-refractivity contribution in [2.45, 2.75) is 32.4 Å². The summed E-state index contributed by atoms with van der Waals surface area (Å²) in [6.45, 7) is 2.39. The van der Waals surface area contributed by atoms with E-state index in [1.54, 1.807) is 23.9 Å². The van der Waals surface area contributed by atoms with Gasteiger partial charge >= 0.3 is 6.03 Å². The molecule has 3 rings (SSSR count). The molecular weight excluding hydrogens is 278 g/mol. The predicted molar refractivity (Wildman–Crippen MR) is 87.0 cm³/mol. The number of nitrogens with zero attached hydrogens (tertiary/aromatic N) is 2. The fraction of sp³-hybridized carbons (Fsp3) is 0.412. The number of hydrogen-bond donors (Lipinski definition) is 1. The van der Waals surface area contributed by atoms with Gasteiger partial charge in [-0.2, -0.15) is 0 Å². The molecule has 1 aromatic carbocycles. The van der Waals surface area contributed by atoms with E-state index in [1.807, 2.05) is 31.2 Å². The van der Waals surface area contributed by atoms with Crippen molar-refractivity contribution in [1.82, 2.24) is 14.8 Å². The molecule has 1 aromatic heterocycles. The molecule has 22 heavy (non-hydrogen) atoms. The summed E-state index contributed by atoms with van der Waals surface area (Å²) in [5.74, 6) is 0. The first-order chi connectivity index (χ1) is 10.5. The average Bonchev–Trinajstić information content (AvgIpc) is 3.29. The Labute approximate surface area is 129 Å². The van der Waals surface area contributed by atoms with E-state index in [4.69, 9.17) is 0 Å². The number of carbonyl (C=O) groups excluding carboxylic acids is 1. The molecule has 0 bridgehead atoms. The SMILES string of the molecule is Cc1ccc2[nH]c(=O)c(CN(C(=O)N(C)C)C3CC3)cc2c1. The maximum Gasteiger partial charge on any atom is 0.320 e. The number of fused-ring (bicyclic) bond motifs is 1. The molecule has 0 radical (unpaired) electrons. The summed E-state index contributed by atoms with van der Waals surface area (Å²) < 4.78 is 0. The van der Waals surface area contributed by atoms with Crippen LogP contribution >= 0.6 is 0 Å². The highest BCUT2D eigenvalue weighted by molar-refractivity contribution is 5.80. The van der Waals surface area contributed by atoms with E-state index >= 15 is 0 Å². The lowest BCUT2D eigenvalue weighted by Crippen LogP contribution is -2.41. The van der Waals surface area contributed by atoms with Crippen LogP contribution in [0, 0.1) is 6.92 Å². The second kappa shape index (κ2) is 5.48. The van der Waals surface area contributed by atoms with E-state index in [0.717, 1.165) is 29.3 Å². The highest BCUT2D eigenvalue weighted by atomic mass is 16.2. The lowest BCUT2D eigenvalue weighted by Gasteiger charge is -2.25. The molecule has 1 aliphatic carbocycles. The van der Waals surface area contributed by atoms with Crippen molar-refractivity contribution in [2.24, 2.45) is 0 Å². The van der Waals surface area contributed by atoms with Crippen LogP contribution < -0.4 is 5.56 Å². The largest absolute Gasteiger partial charge is 0.331 e. The number of benzene rings is 1. The fourth-order valence-electron chi connectivity index (χ4n) is 2.67. The van der Waals surface area contributed by atoms with Crippen LogP contribution in [0.3, 0.4) is 0 Å². The smallest absolute Gasteiger partial charge is 0.320 e. The summed E-state index contributed by atoms with van der Waals surface area (Å²) >= 11 is 0. The van der Waals surface area contributed by atoms with Crippen molar-refractivity contribution in [3.63, 3.8) is 0 Å². The van der Waals surface area contributed by atoms with Gasteiger partial charge in [0.25, 0.3) is 5.56 Å². The summed E-state index contributed by atoms with van der Waals surface area (Å²) in [5.41, 5.74) is 2.50. The Kier molecular flexibility index (Phi) is 3.64. The lowest BCUT2D eigenvalue weighted by molar-refractivity contribution is 0.165. The summed E-state index contributed by atoms with van der Waals surface area (Å²) in [4.78, 5) is 30.9. The van der Waals surface area contributed by atoms with Crippen LogP contribution in [0.4, 0.5) is 4.79 Å². The van der Waals surface area contributed by atoms with Crippen molar-refractivity contribution in [1.29, 1.82) is 0 Å². The third kappa shape index (κ3) is 2.84. The van der Waals surface area contributed by atoms with Gasteiger partial charge in [0.1, 0.15) is 0 Å². The number of pyridine rings is 1. The van der Waals surface area contributed by atoms with Crippen molar-refractivity contribution >= 4 is 16.9 Å². The number of hydrogen-bond acceptors (Lipinski definition) is 2. The molecule has 116 valence electrons. The van der Waals surface area contributed by atoms with Gasteiger partial charge in [-0.25, -0.2) is 4.79 Å². The first-order valence-corrected chi connectivity index (χ1v) is 7.56. The number of urea groups is 1. The van der Waals surface area contributed by atoms with Gasteiger partial charge in [-0.05, 0) is 43.4 Å². The van der Waals surface area contributed by atoms with Crippen LogP contribution in [-0.4, -0.2) is 41.0 Å². The van der Waals surface area contributed by atoms with Gasteiger partial charge in [0.2, 0.25) is 0 Å². The molecule has 0 atom stereocenters. The van der Waals surface area contributed by atoms with Gasteiger partial charge in [-0.3, -0.25) is 4.79 Å². The van der Waals surface area contributed by atoms with Crippen LogP contribution in [0.25, 0.3) is 10.9 Å². The first kappa shape index (κ1) is 14.6. The Morgan fingerprint density at radius 3 is 2.64 bits per heavy atom. The van der Waals surface area contributed by atoms with E-state index < -0.39 is 0 Å². The lowest BCUT2D eigenvalue weighted by atomic mass is 10.1. The molecule has 1 fully saturated rings. The number of nitrogens with one attached hydrogen (secondary N) is 1. The Balaban J connectivity index is 1.96. The van der Waals surface area contributed by atoms with Crippen LogP contribution in [0.1, 0.15) is 24.0 Å². The summed E-state index contributed by atoms with van der Waals surface area (Å²) in [5, 5.41) is 1.00. The predicted octanol–water partition coefficient (Wildman–Crippen LogP) is 2.48. The Hall–Kier alpha value is -2.30. The van der Waals surface area contributed by atoms with Crippen LogP contribution in [0.5, 0.6) is 0 Å². The van der Waals surface area contributed by atoms with Gasteiger partial charge in [0, 0.05) is 31.2 Å². The number of aromatic amines is 1. The molecule has 1 N–H and O–H groups in total. The molecule has 2 aromatic rings. The molecule has 2 amide bonds. The second-order valence-corrected chi connectivity index (χ2v) is 6.25. The third-order valence-electron chi connectivity index (χ3n) is 4.03. The van der Waals surface area contributed by atoms with Crippen molar-refractivity contribution in [3.05, 3.63) is 45.7 Å². The normalized spacial score (nSPS) is 14.1. The minimum atomic E-state index is -0.117. The van der Waals surface area contributed by atoms with Crippen molar-refractivity contribution in [2.75, 3.05) is 14.1 Å². The molecule has 0 unspecified atom stereocenters. The molecule has 0 saturated heterocycles. The topological polar surface area (TPSA) is 56.4 Å². The van der Waals surface area contributed by atoms with Crippen LogP contribution in [0.2, 0.25) is 0 Å². The molecule has 1 saturated carbocycles. The van der Waals surface area contributed by atoms with Gasteiger partial charge in [0.15, 0.2) is 0 Å². The van der Waals surface area contributed by atoms with E-state index in [2.05, 4.69) is 4.98 Å². The average molecular weight is 299 g/mol. The fourth-order valence-corrected chi connectivity index (χ4v) is 2.67. The Bertz CT molecular complexity index is 775. The standard InChI is InChI=1S/C17H21N3O2/c1-11-4-7-15-12(8-11)9-13(16(21)18-15)10-20(14-5-6-14)17(22)19(2)3/h4,7-9,14H,5-6,10H2,1-3H3,(H,18,21). The zero-order valence-corrected chi connectivity index (χ0v) is 13.2. The van der Waals surface area contributed by atoms with Gasteiger partial charge in [0.05, 0.1) is 6.54 Å². The van der Waals surface area contributed by atoms with Gasteiger partial charge < -0.3 is 14.8 Å². The van der Waals surface area contributed by atoms with Crippen LogP contribution in [-0.2, 0) is 6.54 Å². The number of aromatic nitrogens is 1. The first-order valence-electron chi connectivity index (χ1n) is 7.56. The van der Waals surface area contributed by atoms with Crippen molar-refractivity contribution < 1.29 is 4.79 Å². The minimum absolute atomic E-state index is 0.0359. The number of H-pyrrole nitrogens is 1. The molecule has 5 nitrogen and oxygen atoms in total. The van der Waals surface area contributed by atoms with E-state index in [1.165, 1.54) is 0 Å². The molecule has 0 aliphatic heterocycles. The second-order valence-electron chi connectivity index (χ2n) is 6.25. The van der Waals surface area contributed by atoms with Crippen molar-refractivity contribution in [3.8, 4) is 0 Å². The van der Waals surface area contributed by atoms with Gasteiger partial charge in [-0.1, -0.05) is 11.6 Å². The Morgan fingerprint density at radius 2 is 2.00 bits per heavy atom. The summed E-state index contributed by atoms with van der Waals surface area (Å²) in [6.07, 6.45) is 2.04. The molecule has 1 aliphatic rings. The molecule has 1 heterocycles. The number of aryl methyl sites for hydroxylation is 1. The minimum Gasteiger partial charge on any atom is -0.331 e. The Morgan fingerprint density at radius 1 is 1.27 bits per heavy atom. The zero-order chi connectivity index (χ0) is 15.9. The van der Waals surface area contributed by atoms with E-state index in [-0.39, 0.29) is 17.6 Å². The monoisotopic (exact) mass is 299 g/mol. The zero-order valence-electron chi connectivity index (χ0n) is 13.2. The summed E-state index contributed by atoms with van der Waals surface area (Å²) in [7, 11) is 3.48. The number of amides is 2. The maximum atomic E-state index is 12.3. The quantitative estimate of drug-likeness (QED) is 0.946. The highest BCUT2D eigenvalue weighted by Crippen LogP contribution is 2.29. The molecule has 0 spiro atoms. The van der Waals surface area contributed by atoms with Crippen LogP contribution in [0.15, 0.2) is 29.1 Å². The number of rotatable bonds is 3. The number of carbonyl (C=O) groups is 1. The molecule has 5 heteroatoms. The summed E-state index contributed by atoms with van der Waals surface area (Å²) in [6, 6.07) is 8.07. The van der Waals surface area contributed by atoms with E-state index in [0.29, 0.717) is 12.1 Å².